The van der Waals surface area contributed by atoms with Crippen LogP contribution in [0.4, 0.5) is 5.82 Å². The molecule has 1 aromatic heterocycles. The predicted octanol–water partition coefficient (Wildman–Crippen LogP) is 1.57. The lowest BCUT2D eigenvalue weighted by molar-refractivity contribution is 0.642. The summed E-state index contributed by atoms with van der Waals surface area (Å²) in [5.74, 6) is 1.000. The second-order valence-electron chi connectivity index (χ2n) is 4.45. The van der Waals surface area contributed by atoms with Crippen LogP contribution in [0.3, 0.4) is 0 Å². The first kappa shape index (κ1) is 11.3. The van der Waals surface area contributed by atoms with Gasteiger partial charge >= 0.3 is 0 Å². The second kappa shape index (κ2) is 5.25. The number of hydrogen-bond acceptors (Lipinski definition) is 4. The van der Waals surface area contributed by atoms with E-state index in [1.165, 1.54) is 25.7 Å². The van der Waals surface area contributed by atoms with Gasteiger partial charge < -0.3 is 10.2 Å². The molecule has 1 heterocycles. The van der Waals surface area contributed by atoms with Crippen LogP contribution in [-0.2, 0) is 6.54 Å². The average Bonchev–Trinajstić information content (AvgIpc) is 2.82. The number of nitrogens with one attached hydrogen (secondary N) is 1. The summed E-state index contributed by atoms with van der Waals surface area (Å²) in [5, 5.41) is 3.10. The lowest BCUT2D eigenvalue weighted by Crippen LogP contribution is -2.30. The van der Waals surface area contributed by atoms with Gasteiger partial charge in [-0.1, -0.05) is 12.8 Å². The Hall–Kier alpha value is -1.16. The molecule has 0 aromatic carbocycles. The lowest BCUT2D eigenvalue weighted by atomic mass is 10.2. The number of aromatic nitrogens is 2. The van der Waals surface area contributed by atoms with Crippen molar-refractivity contribution < 1.29 is 0 Å². The molecule has 16 heavy (non-hydrogen) atoms. The van der Waals surface area contributed by atoms with Gasteiger partial charge in [-0.05, 0) is 19.9 Å². The van der Waals surface area contributed by atoms with E-state index in [-0.39, 0.29) is 0 Å². The van der Waals surface area contributed by atoms with Gasteiger partial charge in [-0.3, -0.25) is 4.98 Å². The van der Waals surface area contributed by atoms with Gasteiger partial charge in [-0.2, -0.15) is 0 Å². The highest BCUT2D eigenvalue weighted by Gasteiger charge is 2.20. The Labute approximate surface area is 97.1 Å². The van der Waals surface area contributed by atoms with E-state index < -0.39 is 0 Å². The zero-order chi connectivity index (χ0) is 11.4. The van der Waals surface area contributed by atoms with Crippen LogP contribution in [-0.4, -0.2) is 30.1 Å². The van der Waals surface area contributed by atoms with E-state index in [1.807, 2.05) is 19.4 Å². The van der Waals surface area contributed by atoms with Gasteiger partial charge in [0.1, 0.15) is 5.82 Å². The molecule has 4 heteroatoms. The molecule has 0 saturated heterocycles. The van der Waals surface area contributed by atoms with Crippen LogP contribution >= 0.6 is 0 Å². The maximum absolute atomic E-state index is 4.61. The highest BCUT2D eigenvalue weighted by molar-refractivity contribution is 5.36. The molecule has 2 rings (SSSR count). The van der Waals surface area contributed by atoms with Crippen LogP contribution in [0, 0.1) is 0 Å². The van der Waals surface area contributed by atoms with Crippen LogP contribution in [0.15, 0.2) is 12.4 Å². The van der Waals surface area contributed by atoms with Crippen molar-refractivity contribution in [3.63, 3.8) is 0 Å². The van der Waals surface area contributed by atoms with E-state index in [4.69, 9.17) is 0 Å². The highest BCUT2D eigenvalue weighted by Crippen LogP contribution is 2.25. The van der Waals surface area contributed by atoms with Crippen molar-refractivity contribution >= 4 is 5.82 Å². The Morgan fingerprint density at radius 2 is 2.12 bits per heavy atom. The first-order chi connectivity index (χ1) is 7.81. The van der Waals surface area contributed by atoms with Gasteiger partial charge in [-0.15, -0.1) is 0 Å². The van der Waals surface area contributed by atoms with Crippen molar-refractivity contribution in [2.75, 3.05) is 19.0 Å². The molecule has 88 valence electrons. The van der Waals surface area contributed by atoms with E-state index in [0.717, 1.165) is 18.1 Å². The SMILES string of the molecule is CNCc1cncc(N(C)C2CCCC2)n1. The molecule has 0 bridgehead atoms. The first-order valence-corrected chi connectivity index (χ1v) is 5.99. The lowest BCUT2D eigenvalue weighted by Gasteiger charge is -2.25. The van der Waals surface area contributed by atoms with E-state index in [2.05, 4.69) is 27.2 Å². The van der Waals surface area contributed by atoms with Crippen molar-refractivity contribution in [1.29, 1.82) is 0 Å². The third kappa shape index (κ3) is 2.50. The Morgan fingerprint density at radius 1 is 1.38 bits per heavy atom. The molecule has 1 aromatic rings. The fourth-order valence-electron chi connectivity index (χ4n) is 2.31. The fraction of sp³-hybridized carbons (Fsp3) is 0.667. The number of nitrogens with zero attached hydrogens (tertiary/aromatic N) is 3. The second-order valence-corrected chi connectivity index (χ2v) is 4.45. The quantitative estimate of drug-likeness (QED) is 0.836. The molecule has 0 amide bonds. The standard InChI is InChI=1S/C12H20N4/c1-13-7-10-8-14-9-12(15-10)16(2)11-5-3-4-6-11/h8-9,11,13H,3-7H2,1-2H3. The molecule has 0 atom stereocenters. The molecule has 1 N–H and O–H groups in total. The van der Waals surface area contributed by atoms with E-state index in [1.54, 1.807) is 0 Å². The van der Waals surface area contributed by atoms with Crippen molar-refractivity contribution in [3.8, 4) is 0 Å². The Bertz CT molecular complexity index is 334. The minimum absolute atomic E-state index is 0.652. The molecular weight excluding hydrogens is 200 g/mol. The minimum Gasteiger partial charge on any atom is -0.355 e. The molecule has 1 aliphatic carbocycles. The summed E-state index contributed by atoms with van der Waals surface area (Å²) in [6.45, 7) is 0.777. The van der Waals surface area contributed by atoms with Crippen LogP contribution in [0.2, 0.25) is 0 Å². The van der Waals surface area contributed by atoms with Gasteiger partial charge in [-0.25, -0.2) is 4.98 Å². The largest absolute Gasteiger partial charge is 0.355 e. The van der Waals surface area contributed by atoms with Crippen LogP contribution in [0.25, 0.3) is 0 Å². The normalized spacial score (nSPS) is 16.6. The summed E-state index contributed by atoms with van der Waals surface area (Å²) in [7, 11) is 4.05. The van der Waals surface area contributed by atoms with Crippen LogP contribution < -0.4 is 10.2 Å². The Morgan fingerprint density at radius 3 is 2.81 bits per heavy atom. The zero-order valence-electron chi connectivity index (χ0n) is 10.1. The summed E-state index contributed by atoms with van der Waals surface area (Å²) in [6.07, 6.45) is 8.94. The van der Waals surface area contributed by atoms with Gasteiger partial charge in [0.05, 0.1) is 11.9 Å². The maximum Gasteiger partial charge on any atom is 0.147 e. The van der Waals surface area contributed by atoms with Crippen molar-refractivity contribution in [2.45, 2.75) is 38.3 Å². The number of hydrogen-bond donors (Lipinski definition) is 1. The maximum atomic E-state index is 4.61. The first-order valence-electron chi connectivity index (χ1n) is 5.99. The monoisotopic (exact) mass is 220 g/mol. The number of rotatable bonds is 4. The average molecular weight is 220 g/mol. The Kier molecular flexibility index (Phi) is 3.72. The smallest absolute Gasteiger partial charge is 0.147 e. The fourth-order valence-corrected chi connectivity index (χ4v) is 2.31. The predicted molar refractivity (Wildman–Crippen MR) is 65.5 cm³/mol. The Balaban J connectivity index is 2.09. The van der Waals surface area contributed by atoms with Gasteiger partial charge in [0.25, 0.3) is 0 Å². The molecule has 0 unspecified atom stereocenters. The molecule has 1 aliphatic rings. The summed E-state index contributed by atoms with van der Waals surface area (Å²) < 4.78 is 0. The number of anilines is 1. The van der Waals surface area contributed by atoms with Crippen LogP contribution in [0.1, 0.15) is 31.4 Å². The molecular formula is C12H20N4. The molecule has 0 aliphatic heterocycles. The van der Waals surface area contributed by atoms with Gasteiger partial charge in [0, 0.05) is 25.8 Å². The minimum atomic E-state index is 0.652. The third-order valence-electron chi connectivity index (χ3n) is 3.26. The van der Waals surface area contributed by atoms with Gasteiger partial charge in [0.2, 0.25) is 0 Å². The van der Waals surface area contributed by atoms with Crippen LogP contribution in [0.5, 0.6) is 0 Å². The molecule has 0 radical (unpaired) electrons. The van der Waals surface area contributed by atoms with Crippen molar-refractivity contribution in [1.82, 2.24) is 15.3 Å². The summed E-state index contributed by atoms with van der Waals surface area (Å²) in [4.78, 5) is 11.1. The molecule has 4 nitrogen and oxygen atoms in total. The van der Waals surface area contributed by atoms with Crippen molar-refractivity contribution in [3.05, 3.63) is 18.1 Å². The molecule has 0 spiro atoms. The van der Waals surface area contributed by atoms with E-state index in [9.17, 15) is 0 Å². The molecule has 1 saturated carbocycles. The van der Waals surface area contributed by atoms with E-state index >= 15 is 0 Å². The third-order valence-corrected chi connectivity index (χ3v) is 3.26. The van der Waals surface area contributed by atoms with Gasteiger partial charge in [0.15, 0.2) is 0 Å². The topological polar surface area (TPSA) is 41.1 Å². The summed E-state index contributed by atoms with van der Waals surface area (Å²) in [5.41, 5.74) is 1.00. The van der Waals surface area contributed by atoms with Crippen molar-refractivity contribution in [2.24, 2.45) is 0 Å². The summed E-state index contributed by atoms with van der Waals surface area (Å²) >= 11 is 0. The summed E-state index contributed by atoms with van der Waals surface area (Å²) in [6, 6.07) is 0.652. The van der Waals surface area contributed by atoms with E-state index in [0.29, 0.717) is 6.04 Å². The highest BCUT2D eigenvalue weighted by atomic mass is 15.2. The zero-order valence-corrected chi connectivity index (χ0v) is 10.1. The molecule has 1 fully saturated rings.